The number of benzene rings is 4. The number of phenolic OH excluding ortho intramolecular Hbond substituents is 2. The Kier molecular flexibility index (Phi) is 8.88. The number of nitrogens with zero attached hydrogens (tertiary/aromatic N) is 2. The molecule has 4 nitrogen and oxygen atoms in total. The Hall–Kier alpha value is -4.44. The zero-order chi connectivity index (χ0) is 35.4. The number of phenols is 2. The summed E-state index contributed by atoms with van der Waals surface area (Å²) in [6, 6.07) is 24.5. The van der Waals surface area contributed by atoms with Crippen LogP contribution in [0, 0.1) is 0 Å². The van der Waals surface area contributed by atoms with Crippen molar-refractivity contribution in [3.63, 3.8) is 0 Å². The summed E-state index contributed by atoms with van der Waals surface area (Å²) in [5.41, 5.74) is 10.4. The van der Waals surface area contributed by atoms with E-state index in [1.807, 2.05) is 48.5 Å². The van der Waals surface area contributed by atoms with E-state index in [0.29, 0.717) is 17.1 Å². The van der Waals surface area contributed by atoms with Gasteiger partial charge in [-0.2, -0.15) is 0 Å². The maximum absolute atomic E-state index is 11.7. The number of rotatable bonds is 4. The maximum atomic E-state index is 11.7. The van der Waals surface area contributed by atoms with Crippen molar-refractivity contribution in [3.8, 4) is 56.3 Å². The number of hydrogen-bond donors (Lipinski definition) is 2. The maximum Gasteiger partial charge on any atom is 0.127 e. The fraction of sp³-hybridized carbons (Fsp3) is 0.364. The molecule has 0 unspecified atom stereocenters. The number of aromatic nitrogens is 2. The summed E-state index contributed by atoms with van der Waals surface area (Å²) < 4.78 is 0. The molecule has 250 valence electrons. The lowest BCUT2D eigenvalue weighted by Gasteiger charge is -2.31. The van der Waals surface area contributed by atoms with Crippen molar-refractivity contribution >= 4 is 0 Å². The molecule has 0 radical (unpaired) electrons. The van der Waals surface area contributed by atoms with Crippen LogP contribution in [0.3, 0.4) is 0 Å². The van der Waals surface area contributed by atoms with Gasteiger partial charge in [0.05, 0.1) is 23.8 Å². The minimum atomic E-state index is -0.248. The number of aromatic hydroxyl groups is 2. The van der Waals surface area contributed by atoms with Crippen LogP contribution in [0.2, 0.25) is 0 Å². The third-order valence-electron chi connectivity index (χ3n) is 9.16. The summed E-state index contributed by atoms with van der Waals surface area (Å²) in [5, 5.41) is 23.2. The highest BCUT2D eigenvalue weighted by molar-refractivity contribution is 5.88. The minimum Gasteiger partial charge on any atom is -0.507 e. The average Bonchev–Trinajstić information content (AvgIpc) is 2.99. The van der Waals surface area contributed by atoms with E-state index in [1.54, 1.807) is 12.4 Å². The fourth-order valence-corrected chi connectivity index (χ4v) is 6.40. The van der Waals surface area contributed by atoms with E-state index in [4.69, 9.17) is 4.98 Å². The van der Waals surface area contributed by atoms with Crippen molar-refractivity contribution < 1.29 is 10.2 Å². The summed E-state index contributed by atoms with van der Waals surface area (Å²) in [7, 11) is 0. The van der Waals surface area contributed by atoms with Crippen LogP contribution in [0.25, 0.3) is 44.8 Å². The van der Waals surface area contributed by atoms with Gasteiger partial charge >= 0.3 is 0 Å². The Morgan fingerprint density at radius 2 is 0.875 bits per heavy atom. The average molecular weight is 641 g/mol. The molecule has 4 aromatic carbocycles. The SMILES string of the molecule is CC(C)(C)c1cc(-c2ccccc2-c2cncc(-c3ccccc3-c3cc(C(C)(C)C)c(C(C)(C)C)cc3O)n2)c(O)c(C(C)(C)C)c1. The molecule has 0 aliphatic rings. The highest BCUT2D eigenvalue weighted by atomic mass is 16.3. The van der Waals surface area contributed by atoms with Gasteiger partial charge in [0.2, 0.25) is 0 Å². The van der Waals surface area contributed by atoms with Crippen molar-refractivity contribution in [3.05, 3.63) is 107 Å². The van der Waals surface area contributed by atoms with Gasteiger partial charge in [-0.25, -0.2) is 4.98 Å². The first-order chi connectivity index (χ1) is 22.2. The highest BCUT2D eigenvalue weighted by Crippen LogP contribution is 2.46. The van der Waals surface area contributed by atoms with Gasteiger partial charge in [0.15, 0.2) is 0 Å². The fourth-order valence-electron chi connectivity index (χ4n) is 6.40. The van der Waals surface area contributed by atoms with Crippen LogP contribution >= 0.6 is 0 Å². The van der Waals surface area contributed by atoms with Gasteiger partial charge in [0, 0.05) is 27.8 Å². The summed E-state index contributed by atoms with van der Waals surface area (Å²) in [6.07, 6.45) is 3.57. The smallest absolute Gasteiger partial charge is 0.127 e. The van der Waals surface area contributed by atoms with E-state index in [9.17, 15) is 10.2 Å². The van der Waals surface area contributed by atoms with Crippen molar-refractivity contribution in [2.24, 2.45) is 0 Å². The lowest BCUT2D eigenvalue weighted by Crippen LogP contribution is -2.22. The molecule has 4 heteroatoms. The molecule has 48 heavy (non-hydrogen) atoms. The highest BCUT2D eigenvalue weighted by Gasteiger charge is 2.29. The van der Waals surface area contributed by atoms with Gasteiger partial charge in [-0.05, 0) is 67.7 Å². The van der Waals surface area contributed by atoms with E-state index >= 15 is 0 Å². The molecular formula is C44H52N2O2. The standard InChI is InChI=1S/C44H52N2O2/c1-41(2,3)27-21-33(40(48)36(22-27)44(10,11)12)29-18-14-16-20-31(29)38-26-45-25-37(46-38)30-19-15-13-17-28(30)32-23-34(42(4,5)6)35(24-39(32)47)43(7,8)9/h13-26,47-48H,1-12H3. The van der Waals surface area contributed by atoms with Crippen LogP contribution in [-0.2, 0) is 21.7 Å². The second-order valence-electron chi connectivity index (χ2n) is 17.2. The molecule has 0 fully saturated rings. The summed E-state index contributed by atoms with van der Waals surface area (Å²) in [4.78, 5) is 9.87. The van der Waals surface area contributed by atoms with Gasteiger partial charge < -0.3 is 10.2 Å². The van der Waals surface area contributed by atoms with Crippen LogP contribution in [0.1, 0.15) is 105 Å². The largest absolute Gasteiger partial charge is 0.507 e. The Bertz CT molecular complexity index is 1980. The molecule has 1 heterocycles. The van der Waals surface area contributed by atoms with E-state index in [-0.39, 0.29) is 27.4 Å². The Balaban J connectivity index is 1.70. The first-order valence-electron chi connectivity index (χ1n) is 17.0. The Labute approximate surface area is 288 Å². The molecule has 0 aliphatic heterocycles. The van der Waals surface area contributed by atoms with Crippen LogP contribution < -0.4 is 0 Å². The predicted molar refractivity (Wildman–Crippen MR) is 202 cm³/mol. The molecule has 1 aromatic heterocycles. The van der Waals surface area contributed by atoms with Crippen molar-refractivity contribution in [1.82, 2.24) is 9.97 Å². The van der Waals surface area contributed by atoms with Gasteiger partial charge in [-0.3, -0.25) is 4.98 Å². The lowest BCUT2D eigenvalue weighted by atomic mass is 9.74. The minimum absolute atomic E-state index is 0.107. The zero-order valence-electron chi connectivity index (χ0n) is 30.9. The molecule has 0 atom stereocenters. The molecule has 5 aromatic rings. The second kappa shape index (κ2) is 12.2. The molecule has 0 saturated heterocycles. The molecular weight excluding hydrogens is 588 g/mol. The van der Waals surface area contributed by atoms with Crippen LogP contribution in [0.5, 0.6) is 11.5 Å². The summed E-state index contributed by atoms with van der Waals surface area (Å²) in [6.45, 7) is 26.2. The van der Waals surface area contributed by atoms with E-state index in [2.05, 4.69) is 112 Å². The third-order valence-corrected chi connectivity index (χ3v) is 9.16. The normalized spacial score (nSPS) is 12.8. The summed E-state index contributed by atoms with van der Waals surface area (Å²) >= 11 is 0. The molecule has 5 rings (SSSR count). The van der Waals surface area contributed by atoms with Crippen molar-refractivity contribution in [2.45, 2.75) is 105 Å². The molecule has 2 N–H and O–H groups in total. The zero-order valence-corrected chi connectivity index (χ0v) is 30.9. The van der Waals surface area contributed by atoms with Gasteiger partial charge in [0.1, 0.15) is 11.5 Å². The van der Waals surface area contributed by atoms with Crippen molar-refractivity contribution in [2.75, 3.05) is 0 Å². The van der Waals surface area contributed by atoms with Crippen LogP contribution in [-0.4, -0.2) is 20.2 Å². The van der Waals surface area contributed by atoms with Crippen LogP contribution in [0.4, 0.5) is 0 Å². The predicted octanol–water partition coefficient (Wildman–Crippen LogP) is 11.7. The van der Waals surface area contributed by atoms with Crippen LogP contribution in [0.15, 0.2) is 85.2 Å². The van der Waals surface area contributed by atoms with E-state index < -0.39 is 0 Å². The number of hydrogen-bond acceptors (Lipinski definition) is 4. The quantitative estimate of drug-likeness (QED) is 0.205. The van der Waals surface area contributed by atoms with Gasteiger partial charge in [0.25, 0.3) is 0 Å². The van der Waals surface area contributed by atoms with E-state index in [0.717, 1.165) is 50.1 Å². The Morgan fingerprint density at radius 3 is 1.33 bits per heavy atom. The lowest BCUT2D eigenvalue weighted by molar-refractivity contribution is 0.446. The third kappa shape index (κ3) is 6.90. The Morgan fingerprint density at radius 1 is 0.438 bits per heavy atom. The second-order valence-corrected chi connectivity index (χ2v) is 17.2. The molecule has 0 spiro atoms. The first kappa shape index (κ1) is 34.9. The topological polar surface area (TPSA) is 66.2 Å². The molecule has 0 saturated carbocycles. The molecule has 0 amide bonds. The van der Waals surface area contributed by atoms with E-state index in [1.165, 1.54) is 5.56 Å². The summed E-state index contributed by atoms with van der Waals surface area (Å²) in [5.74, 6) is 0.542. The molecule has 0 bridgehead atoms. The van der Waals surface area contributed by atoms with Gasteiger partial charge in [-0.1, -0.05) is 138 Å². The first-order valence-corrected chi connectivity index (χ1v) is 17.0. The monoisotopic (exact) mass is 640 g/mol. The molecule has 0 aliphatic carbocycles. The van der Waals surface area contributed by atoms with Crippen molar-refractivity contribution in [1.29, 1.82) is 0 Å². The van der Waals surface area contributed by atoms with Gasteiger partial charge in [-0.15, -0.1) is 0 Å².